The molecule has 154 valence electrons. The first-order valence-electron chi connectivity index (χ1n) is 9.92. The van der Waals surface area contributed by atoms with Gasteiger partial charge in [0.15, 0.2) is 11.5 Å². The zero-order valence-corrected chi connectivity index (χ0v) is 17.2. The highest BCUT2D eigenvalue weighted by Gasteiger charge is 2.21. The number of ether oxygens (including phenoxy) is 3. The standard InChI is InChI=1S/C24H25N3O3/c1-28-22-13-20-19(12-23(22)30-16-17-6-4-3-5-7-17)10-11-25-21(20)9-8-18-14-26-24(29-2)27-15-18/h3-9,12-15,21,25H,10-11,16H2,1-2H3/b9-8+. The van der Waals surface area contributed by atoms with Gasteiger partial charge >= 0.3 is 6.01 Å². The minimum absolute atomic E-state index is 0.0768. The molecule has 0 saturated heterocycles. The lowest BCUT2D eigenvalue weighted by Crippen LogP contribution is -2.28. The first-order chi connectivity index (χ1) is 14.8. The average molecular weight is 403 g/mol. The first-order valence-corrected chi connectivity index (χ1v) is 9.92. The van der Waals surface area contributed by atoms with Crippen molar-refractivity contribution in [3.8, 4) is 17.5 Å². The number of nitrogens with one attached hydrogen (secondary N) is 1. The summed E-state index contributed by atoms with van der Waals surface area (Å²) >= 11 is 0. The number of aromatic nitrogens is 2. The van der Waals surface area contributed by atoms with E-state index in [1.165, 1.54) is 11.1 Å². The van der Waals surface area contributed by atoms with Crippen LogP contribution >= 0.6 is 0 Å². The Hall–Kier alpha value is -3.38. The van der Waals surface area contributed by atoms with Gasteiger partial charge in [0.25, 0.3) is 0 Å². The highest BCUT2D eigenvalue weighted by Crippen LogP contribution is 2.36. The molecule has 0 amide bonds. The number of nitrogens with zero attached hydrogens (tertiary/aromatic N) is 2. The Morgan fingerprint density at radius 2 is 1.83 bits per heavy atom. The van der Waals surface area contributed by atoms with Crippen LogP contribution in [0.5, 0.6) is 17.5 Å². The third-order valence-corrected chi connectivity index (χ3v) is 5.07. The maximum absolute atomic E-state index is 6.07. The molecule has 0 bridgehead atoms. The predicted octanol–water partition coefficient (Wildman–Crippen LogP) is 3.97. The van der Waals surface area contributed by atoms with Crippen LogP contribution in [0, 0.1) is 0 Å². The van der Waals surface area contributed by atoms with E-state index in [-0.39, 0.29) is 6.04 Å². The second kappa shape index (κ2) is 9.41. The number of hydrogen-bond acceptors (Lipinski definition) is 6. The van der Waals surface area contributed by atoms with Gasteiger partial charge in [-0.25, -0.2) is 9.97 Å². The van der Waals surface area contributed by atoms with E-state index in [0.717, 1.165) is 35.6 Å². The fourth-order valence-electron chi connectivity index (χ4n) is 3.50. The number of rotatable bonds is 7. The van der Waals surface area contributed by atoms with Crippen molar-refractivity contribution in [3.63, 3.8) is 0 Å². The van der Waals surface area contributed by atoms with Crippen molar-refractivity contribution in [1.82, 2.24) is 15.3 Å². The quantitative estimate of drug-likeness (QED) is 0.644. The van der Waals surface area contributed by atoms with Crippen molar-refractivity contribution >= 4 is 6.08 Å². The maximum Gasteiger partial charge on any atom is 0.316 e. The molecule has 0 saturated carbocycles. The molecule has 1 aromatic heterocycles. The van der Waals surface area contributed by atoms with Crippen LogP contribution in [-0.2, 0) is 13.0 Å². The lowest BCUT2D eigenvalue weighted by atomic mass is 9.93. The number of fused-ring (bicyclic) bond motifs is 1. The molecule has 30 heavy (non-hydrogen) atoms. The molecule has 3 aromatic rings. The molecule has 0 fully saturated rings. The van der Waals surface area contributed by atoms with E-state index in [4.69, 9.17) is 14.2 Å². The SMILES string of the molecule is COc1ncc(/C=C/C2NCCc3cc(OCc4ccccc4)c(OC)cc32)cn1. The Kier molecular flexibility index (Phi) is 6.25. The Morgan fingerprint density at radius 3 is 2.57 bits per heavy atom. The molecular weight excluding hydrogens is 378 g/mol. The summed E-state index contributed by atoms with van der Waals surface area (Å²) in [5.74, 6) is 1.51. The molecular formula is C24H25N3O3. The summed E-state index contributed by atoms with van der Waals surface area (Å²) < 4.78 is 16.7. The van der Waals surface area contributed by atoms with Gasteiger partial charge in [-0.2, -0.15) is 0 Å². The van der Waals surface area contributed by atoms with E-state index in [1.54, 1.807) is 26.6 Å². The summed E-state index contributed by atoms with van der Waals surface area (Å²) in [5.41, 5.74) is 4.50. The monoisotopic (exact) mass is 403 g/mol. The normalized spacial score (nSPS) is 15.6. The summed E-state index contributed by atoms with van der Waals surface area (Å²) in [7, 11) is 3.23. The molecule has 0 aliphatic carbocycles. The third kappa shape index (κ3) is 4.60. The van der Waals surface area contributed by atoms with E-state index in [1.807, 2.05) is 24.3 Å². The summed E-state index contributed by atoms with van der Waals surface area (Å²) in [6.45, 7) is 1.40. The van der Waals surface area contributed by atoms with Gasteiger partial charge in [0.1, 0.15) is 6.61 Å². The van der Waals surface area contributed by atoms with Gasteiger partial charge in [0.2, 0.25) is 0 Å². The third-order valence-electron chi connectivity index (χ3n) is 5.07. The number of benzene rings is 2. The summed E-state index contributed by atoms with van der Waals surface area (Å²) in [5, 5.41) is 3.55. The average Bonchev–Trinajstić information content (AvgIpc) is 2.81. The molecule has 1 atom stereocenters. The van der Waals surface area contributed by atoms with E-state index in [0.29, 0.717) is 12.6 Å². The fraction of sp³-hybridized carbons (Fsp3) is 0.250. The Labute approximate surface area is 176 Å². The molecule has 4 rings (SSSR count). The van der Waals surface area contributed by atoms with E-state index >= 15 is 0 Å². The van der Waals surface area contributed by atoms with Crippen LogP contribution in [0.15, 0.2) is 60.9 Å². The predicted molar refractivity (Wildman–Crippen MR) is 116 cm³/mol. The van der Waals surface area contributed by atoms with Crippen LogP contribution < -0.4 is 19.5 Å². The number of hydrogen-bond donors (Lipinski definition) is 1. The molecule has 2 aromatic carbocycles. The Balaban J connectivity index is 1.54. The molecule has 2 heterocycles. The molecule has 1 aliphatic rings. The topological polar surface area (TPSA) is 65.5 Å². The lowest BCUT2D eigenvalue weighted by molar-refractivity contribution is 0.283. The van der Waals surface area contributed by atoms with Crippen molar-refractivity contribution in [1.29, 1.82) is 0 Å². The molecule has 1 aliphatic heterocycles. The van der Waals surface area contributed by atoms with Gasteiger partial charge in [0, 0.05) is 24.5 Å². The van der Waals surface area contributed by atoms with Crippen molar-refractivity contribution in [2.24, 2.45) is 0 Å². The van der Waals surface area contributed by atoms with Gasteiger partial charge in [-0.05, 0) is 35.2 Å². The first kappa shape index (κ1) is 19.9. The van der Waals surface area contributed by atoms with Gasteiger partial charge < -0.3 is 19.5 Å². The van der Waals surface area contributed by atoms with Crippen LogP contribution in [0.2, 0.25) is 0 Å². The number of methoxy groups -OCH3 is 2. The fourth-order valence-corrected chi connectivity index (χ4v) is 3.50. The summed E-state index contributed by atoms with van der Waals surface area (Å²) in [4.78, 5) is 8.30. The molecule has 6 nitrogen and oxygen atoms in total. The molecule has 1 N–H and O–H groups in total. The van der Waals surface area contributed by atoms with Gasteiger partial charge in [-0.15, -0.1) is 0 Å². The highest BCUT2D eigenvalue weighted by molar-refractivity contribution is 5.54. The summed E-state index contributed by atoms with van der Waals surface area (Å²) in [6.07, 6.45) is 8.56. The largest absolute Gasteiger partial charge is 0.493 e. The second-order valence-electron chi connectivity index (χ2n) is 7.02. The van der Waals surface area contributed by atoms with Crippen LogP contribution in [0.1, 0.15) is 28.3 Å². The van der Waals surface area contributed by atoms with Crippen molar-refractivity contribution in [2.75, 3.05) is 20.8 Å². The van der Waals surface area contributed by atoms with Crippen molar-refractivity contribution in [3.05, 3.63) is 83.2 Å². The van der Waals surface area contributed by atoms with Crippen LogP contribution in [0.3, 0.4) is 0 Å². The molecule has 6 heteroatoms. The van der Waals surface area contributed by atoms with E-state index < -0.39 is 0 Å². The van der Waals surface area contributed by atoms with Gasteiger partial charge in [-0.1, -0.05) is 42.5 Å². The van der Waals surface area contributed by atoms with Gasteiger partial charge in [0.05, 0.1) is 20.3 Å². The van der Waals surface area contributed by atoms with E-state index in [2.05, 4.69) is 45.6 Å². The zero-order chi connectivity index (χ0) is 20.8. The minimum Gasteiger partial charge on any atom is -0.493 e. The minimum atomic E-state index is 0.0768. The smallest absolute Gasteiger partial charge is 0.316 e. The molecule has 0 spiro atoms. The highest BCUT2D eigenvalue weighted by atomic mass is 16.5. The van der Waals surface area contributed by atoms with Crippen molar-refractivity contribution in [2.45, 2.75) is 19.1 Å². The molecule has 1 unspecified atom stereocenters. The lowest BCUT2D eigenvalue weighted by Gasteiger charge is -2.26. The Bertz CT molecular complexity index is 1000. The van der Waals surface area contributed by atoms with Gasteiger partial charge in [-0.3, -0.25) is 0 Å². The zero-order valence-electron chi connectivity index (χ0n) is 17.2. The van der Waals surface area contributed by atoms with Crippen LogP contribution in [0.4, 0.5) is 0 Å². The second-order valence-corrected chi connectivity index (χ2v) is 7.02. The van der Waals surface area contributed by atoms with Crippen molar-refractivity contribution < 1.29 is 14.2 Å². The van der Waals surface area contributed by atoms with Crippen LogP contribution in [-0.4, -0.2) is 30.7 Å². The maximum atomic E-state index is 6.07. The Morgan fingerprint density at radius 1 is 1.03 bits per heavy atom. The van der Waals surface area contributed by atoms with E-state index in [9.17, 15) is 0 Å². The molecule has 0 radical (unpaired) electrons. The summed E-state index contributed by atoms with van der Waals surface area (Å²) in [6, 6.07) is 14.8. The van der Waals surface area contributed by atoms with Crippen LogP contribution in [0.25, 0.3) is 6.08 Å².